The Kier molecular flexibility index (Phi) is 4.84. The van der Waals surface area contributed by atoms with Crippen LogP contribution < -0.4 is 11.1 Å². The number of nitrogens with one attached hydrogen (secondary N) is 1. The molecule has 0 heterocycles. The van der Waals surface area contributed by atoms with Gasteiger partial charge in [0.25, 0.3) is 0 Å². The number of hydrogen-bond donors (Lipinski definition) is 2. The van der Waals surface area contributed by atoms with Gasteiger partial charge < -0.3 is 11.1 Å². The lowest BCUT2D eigenvalue weighted by Crippen LogP contribution is -2.20. The van der Waals surface area contributed by atoms with E-state index in [4.69, 9.17) is 5.73 Å². The molecule has 3 heteroatoms. The molecule has 0 aliphatic carbocycles. The van der Waals surface area contributed by atoms with Gasteiger partial charge in [-0.1, -0.05) is 45.8 Å². The molecule has 0 radical (unpaired) electrons. The van der Waals surface area contributed by atoms with E-state index >= 15 is 0 Å². The van der Waals surface area contributed by atoms with Gasteiger partial charge in [0.15, 0.2) is 0 Å². The predicted molar refractivity (Wildman–Crippen MR) is 90.2 cm³/mol. The van der Waals surface area contributed by atoms with Crippen LogP contribution in [0.4, 0.5) is 5.69 Å². The fourth-order valence-electron chi connectivity index (χ4n) is 2.31. The van der Waals surface area contributed by atoms with Gasteiger partial charge in [0, 0.05) is 16.7 Å². The Morgan fingerprint density at radius 2 is 1.60 bits per heavy atom. The maximum atomic E-state index is 5.92. The molecule has 106 valence electrons. The van der Waals surface area contributed by atoms with E-state index in [1.807, 2.05) is 0 Å². The first-order valence-corrected chi connectivity index (χ1v) is 7.60. The Labute approximate surface area is 129 Å². The van der Waals surface area contributed by atoms with Gasteiger partial charge in [-0.3, -0.25) is 0 Å². The van der Waals surface area contributed by atoms with Gasteiger partial charge in [-0.25, -0.2) is 0 Å². The summed E-state index contributed by atoms with van der Waals surface area (Å²) in [5, 5.41) is 3.53. The lowest BCUT2D eigenvalue weighted by Gasteiger charge is -2.20. The summed E-state index contributed by atoms with van der Waals surface area (Å²) in [5.74, 6) is 0. The van der Waals surface area contributed by atoms with Crippen molar-refractivity contribution in [2.24, 2.45) is 5.73 Å². The number of aryl methyl sites for hydroxylation is 3. The molecule has 0 saturated carbocycles. The summed E-state index contributed by atoms with van der Waals surface area (Å²) < 4.78 is 1.17. The minimum absolute atomic E-state index is 0.135. The van der Waals surface area contributed by atoms with Crippen molar-refractivity contribution in [2.45, 2.75) is 26.8 Å². The van der Waals surface area contributed by atoms with Crippen molar-refractivity contribution in [2.75, 3.05) is 11.9 Å². The van der Waals surface area contributed by atoms with Crippen molar-refractivity contribution < 1.29 is 0 Å². The lowest BCUT2D eigenvalue weighted by atomic mass is 10.0. The first kappa shape index (κ1) is 15.1. The number of rotatable bonds is 4. The topological polar surface area (TPSA) is 38.0 Å². The summed E-state index contributed by atoms with van der Waals surface area (Å²) in [6.45, 7) is 6.87. The largest absolute Gasteiger partial charge is 0.377 e. The van der Waals surface area contributed by atoms with Crippen molar-refractivity contribution >= 4 is 21.6 Å². The van der Waals surface area contributed by atoms with Crippen LogP contribution in [-0.4, -0.2) is 6.54 Å². The first-order chi connectivity index (χ1) is 9.51. The molecule has 3 N–H and O–H groups in total. The molecule has 2 rings (SSSR count). The van der Waals surface area contributed by atoms with E-state index in [1.165, 1.54) is 26.7 Å². The number of nitrogens with two attached hydrogens (primary N) is 1. The minimum atomic E-state index is 0.135. The molecular formula is C17H21BrN2. The third-order valence-corrected chi connectivity index (χ3v) is 4.74. The van der Waals surface area contributed by atoms with Crippen molar-refractivity contribution in [3.63, 3.8) is 0 Å². The van der Waals surface area contributed by atoms with Gasteiger partial charge in [0.1, 0.15) is 0 Å². The second-order valence-electron chi connectivity index (χ2n) is 5.27. The van der Waals surface area contributed by atoms with Crippen LogP contribution in [0.1, 0.15) is 28.3 Å². The SMILES string of the molecule is Cc1ccc(C(CN)Nc2cc(C)c(Br)c(C)c2)cc1. The highest BCUT2D eigenvalue weighted by atomic mass is 79.9. The molecule has 2 aromatic rings. The molecule has 0 fully saturated rings. The smallest absolute Gasteiger partial charge is 0.0636 e. The van der Waals surface area contributed by atoms with Crippen LogP contribution in [0.2, 0.25) is 0 Å². The van der Waals surface area contributed by atoms with Crippen LogP contribution in [0, 0.1) is 20.8 Å². The van der Waals surface area contributed by atoms with Gasteiger partial charge in [0.2, 0.25) is 0 Å². The zero-order valence-electron chi connectivity index (χ0n) is 12.2. The molecule has 2 aromatic carbocycles. The van der Waals surface area contributed by atoms with Crippen molar-refractivity contribution in [1.82, 2.24) is 0 Å². The average Bonchev–Trinajstić information content (AvgIpc) is 2.43. The van der Waals surface area contributed by atoms with E-state index < -0.39 is 0 Å². The van der Waals surface area contributed by atoms with Gasteiger partial charge >= 0.3 is 0 Å². The monoisotopic (exact) mass is 332 g/mol. The quantitative estimate of drug-likeness (QED) is 0.865. The molecule has 1 atom stereocenters. The van der Waals surface area contributed by atoms with Gasteiger partial charge in [-0.05, 0) is 49.6 Å². The lowest BCUT2D eigenvalue weighted by molar-refractivity contribution is 0.789. The maximum absolute atomic E-state index is 5.92. The minimum Gasteiger partial charge on any atom is -0.377 e. The van der Waals surface area contributed by atoms with Gasteiger partial charge in [-0.15, -0.1) is 0 Å². The number of benzene rings is 2. The number of hydrogen-bond acceptors (Lipinski definition) is 2. The van der Waals surface area contributed by atoms with Crippen LogP contribution in [0.5, 0.6) is 0 Å². The number of halogens is 1. The van der Waals surface area contributed by atoms with Crippen molar-refractivity contribution in [1.29, 1.82) is 0 Å². The summed E-state index contributed by atoms with van der Waals surface area (Å²) >= 11 is 3.60. The summed E-state index contributed by atoms with van der Waals surface area (Å²) in [5.41, 5.74) is 12.0. The average molecular weight is 333 g/mol. The number of anilines is 1. The molecule has 0 amide bonds. The van der Waals surface area contributed by atoms with Gasteiger partial charge in [-0.2, -0.15) is 0 Å². The zero-order chi connectivity index (χ0) is 14.7. The van der Waals surface area contributed by atoms with E-state index in [2.05, 4.69) is 78.4 Å². The van der Waals surface area contributed by atoms with Crippen LogP contribution in [0.3, 0.4) is 0 Å². The van der Waals surface area contributed by atoms with Gasteiger partial charge in [0.05, 0.1) is 6.04 Å². The first-order valence-electron chi connectivity index (χ1n) is 6.81. The van der Waals surface area contributed by atoms with Crippen LogP contribution in [-0.2, 0) is 0 Å². The third kappa shape index (κ3) is 3.41. The van der Waals surface area contributed by atoms with E-state index in [0.29, 0.717) is 6.54 Å². The van der Waals surface area contributed by atoms with Crippen molar-refractivity contribution in [3.05, 3.63) is 63.1 Å². The molecule has 0 spiro atoms. The van der Waals surface area contributed by atoms with Crippen LogP contribution >= 0.6 is 15.9 Å². The van der Waals surface area contributed by atoms with Crippen molar-refractivity contribution in [3.8, 4) is 0 Å². The molecule has 2 nitrogen and oxygen atoms in total. The zero-order valence-corrected chi connectivity index (χ0v) is 13.8. The van der Waals surface area contributed by atoms with Crippen LogP contribution in [0.25, 0.3) is 0 Å². The van der Waals surface area contributed by atoms with E-state index in [-0.39, 0.29) is 6.04 Å². The molecular weight excluding hydrogens is 312 g/mol. The van der Waals surface area contributed by atoms with E-state index in [0.717, 1.165) is 5.69 Å². The maximum Gasteiger partial charge on any atom is 0.0636 e. The second-order valence-corrected chi connectivity index (χ2v) is 6.06. The molecule has 0 saturated heterocycles. The van der Waals surface area contributed by atoms with E-state index in [9.17, 15) is 0 Å². The fraction of sp³-hybridized carbons (Fsp3) is 0.294. The molecule has 1 unspecified atom stereocenters. The summed E-state index contributed by atoms with van der Waals surface area (Å²) in [4.78, 5) is 0. The molecule has 0 aliphatic heterocycles. The van der Waals surface area contributed by atoms with Crippen LogP contribution in [0.15, 0.2) is 40.9 Å². The predicted octanol–water partition coefficient (Wildman–Crippen LogP) is 4.49. The Hall–Kier alpha value is -1.32. The Morgan fingerprint density at radius 1 is 1.05 bits per heavy atom. The summed E-state index contributed by atoms with van der Waals surface area (Å²) in [7, 11) is 0. The second kappa shape index (κ2) is 6.42. The van der Waals surface area contributed by atoms with E-state index in [1.54, 1.807) is 0 Å². The Balaban J connectivity index is 2.24. The Bertz CT molecular complexity index is 567. The standard InChI is InChI=1S/C17H21BrN2/c1-11-4-6-14(7-5-11)16(10-19)20-15-8-12(2)17(18)13(3)9-15/h4-9,16,20H,10,19H2,1-3H3. The fourth-order valence-corrected chi connectivity index (χ4v) is 2.54. The highest BCUT2D eigenvalue weighted by Gasteiger charge is 2.10. The molecule has 0 aromatic heterocycles. The Morgan fingerprint density at radius 3 is 2.10 bits per heavy atom. The summed E-state index contributed by atoms with van der Waals surface area (Å²) in [6, 6.07) is 12.9. The summed E-state index contributed by atoms with van der Waals surface area (Å²) in [6.07, 6.45) is 0. The molecule has 20 heavy (non-hydrogen) atoms. The normalized spacial score (nSPS) is 12.2. The highest BCUT2D eigenvalue weighted by molar-refractivity contribution is 9.10. The third-order valence-electron chi connectivity index (χ3n) is 3.49. The molecule has 0 bridgehead atoms. The molecule has 0 aliphatic rings. The highest BCUT2D eigenvalue weighted by Crippen LogP contribution is 2.27.